The van der Waals surface area contributed by atoms with Crippen LogP contribution in [0.25, 0.3) is 0 Å². The molecule has 0 radical (unpaired) electrons. The van der Waals surface area contributed by atoms with Gasteiger partial charge in [-0.15, -0.1) is 0 Å². The quantitative estimate of drug-likeness (QED) is 0.653. The highest BCUT2D eigenvalue weighted by Gasteiger charge is 1.82. The van der Waals surface area contributed by atoms with Gasteiger partial charge < -0.3 is 0 Å². The predicted molar refractivity (Wildman–Crippen MR) is 62.7 cm³/mol. The number of nitrogens with zero attached hydrogens (tertiary/aromatic N) is 2. The lowest BCUT2D eigenvalue weighted by Crippen LogP contribution is -1.84. The van der Waals surface area contributed by atoms with Gasteiger partial charge in [0.15, 0.2) is 0 Å². The molecule has 1 aromatic carbocycles. The molecular weight excluding hydrogens is 184 g/mol. The molecule has 0 fully saturated rings. The molecule has 1 heterocycles. The van der Waals surface area contributed by atoms with Crippen molar-refractivity contribution in [2.45, 2.75) is 20.8 Å². The van der Waals surface area contributed by atoms with E-state index in [0.717, 1.165) is 11.4 Å². The van der Waals surface area contributed by atoms with E-state index in [1.807, 2.05) is 44.4 Å². The molecule has 0 unspecified atom stereocenters. The van der Waals surface area contributed by atoms with Crippen LogP contribution < -0.4 is 0 Å². The fourth-order valence-electron chi connectivity index (χ4n) is 0.992. The van der Waals surface area contributed by atoms with Gasteiger partial charge in [-0.05, 0) is 26.3 Å². The lowest BCUT2D eigenvalue weighted by atomic mass is 10.2. The molecule has 0 N–H and O–H groups in total. The van der Waals surface area contributed by atoms with Crippen molar-refractivity contribution in [2.24, 2.45) is 0 Å². The molecule has 2 nitrogen and oxygen atoms in total. The van der Waals surface area contributed by atoms with E-state index in [1.165, 1.54) is 5.56 Å². The first-order chi connectivity index (χ1) is 7.18. The SMILES string of the molecule is Cc1ccccc1.Cc1cnc(C)nc1. The van der Waals surface area contributed by atoms with Gasteiger partial charge in [0.05, 0.1) is 0 Å². The van der Waals surface area contributed by atoms with E-state index in [9.17, 15) is 0 Å². The van der Waals surface area contributed by atoms with Gasteiger partial charge in [0, 0.05) is 12.4 Å². The van der Waals surface area contributed by atoms with Crippen LogP contribution in [0.1, 0.15) is 17.0 Å². The Hall–Kier alpha value is -1.70. The molecule has 0 spiro atoms. The molecule has 0 amide bonds. The van der Waals surface area contributed by atoms with E-state index >= 15 is 0 Å². The van der Waals surface area contributed by atoms with Crippen molar-refractivity contribution >= 4 is 0 Å². The predicted octanol–water partition coefficient (Wildman–Crippen LogP) is 3.09. The summed E-state index contributed by atoms with van der Waals surface area (Å²) < 4.78 is 0. The molecule has 0 aliphatic heterocycles. The van der Waals surface area contributed by atoms with Crippen molar-refractivity contribution in [1.29, 1.82) is 0 Å². The summed E-state index contributed by atoms with van der Waals surface area (Å²) in [5.41, 5.74) is 2.43. The van der Waals surface area contributed by atoms with Crippen LogP contribution in [0.4, 0.5) is 0 Å². The van der Waals surface area contributed by atoms with Crippen molar-refractivity contribution < 1.29 is 0 Å². The highest BCUT2D eigenvalue weighted by Crippen LogP contribution is 1.92. The van der Waals surface area contributed by atoms with E-state index in [0.29, 0.717) is 0 Å². The summed E-state index contributed by atoms with van der Waals surface area (Å²) >= 11 is 0. The fourth-order valence-corrected chi connectivity index (χ4v) is 0.992. The first kappa shape index (κ1) is 11.4. The largest absolute Gasteiger partial charge is 0.241 e. The van der Waals surface area contributed by atoms with Crippen molar-refractivity contribution in [2.75, 3.05) is 0 Å². The summed E-state index contributed by atoms with van der Waals surface area (Å²) in [6.45, 7) is 5.93. The number of benzene rings is 1. The minimum absolute atomic E-state index is 0.829. The second-order valence-electron chi connectivity index (χ2n) is 3.46. The lowest BCUT2D eigenvalue weighted by Gasteiger charge is -1.88. The first-order valence-corrected chi connectivity index (χ1v) is 4.95. The maximum Gasteiger partial charge on any atom is 0.125 e. The smallest absolute Gasteiger partial charge is 0.125 e. The monoisotopic (exact) mass is 200 g/mol. The molecule has 0 aliphatic rings. The lowest BCUT2D eigenvalue weighted by molar-refractivity contribution is 1.03. The molecule has 78 valence electrons. The van der Waals surface area contributed by atoms with E-state index in [4.69, 9.17) is 0 Å². The highest BCUT2D eigenvalue weighted by atomic mass is 14.8. The summed E-state index contributed by atoms with van der Waals surface area (Å²) in [4.78, 5) is 7.94. The molecule has 2 rings (SSSR count). The minimum atomic E-state index is 0.829. The first-order valence-electron chi connectivity index (χ1n) is 4.95. The van der Waals surface area contributed by atoms with Gasteiger partial charge in [-0.2, -0.15) is 0 Å². The van der Waals surface area contributed by atoms with Gasteiger partial charge in [0.2, 0.25) is 0 Å². The zero-order chi connectivity index (χ0) is 11.1. The third-order valence-corrected chi connectivity index (χ3v) is 1.85. The van der Waals surface area contributed by atoms with Crippen LogP contribution in [0.15, 0.2) is 42.7 Å². The summed E-state index contributed by atoms with van der Waals surface area (Å²) in [6.07, 6.45) is 3.62. The van der Waals surface area contributed by atoms with E-state index in [1.54, 1.807) is 0 Å². The van der Waals surface area contributed by atoms with Crippen LogP contribution in [0.2, 0.25) is 0 Å². The van der Waals surface area contributed by atoms with E-state index in [-0.39, 0.29) is 0 Å². The Balaban J connectivity index is 0.000000151. The van der Waals surface area contributed by atoms with Crippen molar-refractivity contribution in [1.82, 2.24) is 9.97 Å². The van der Waals surface area contributed by atoms with Crippen LogP contribution in [-0.2, 0) is 0 Å². The average molecular weight is 200 g/mol. The van der Waals surface area contributed by atoms with Gasteiger partial charge in [-0.25, -0.2) is 9.97 Å². The zero-order valence-electron chi connectivity index (χ0n) is 9.44. The maximum atomic E-state index is 3.97. The normalized spacial score (nSPS) is 9.00. The molecule has 0 atom stereocenters. The van der Waals surface area contributed by atoms with Crippen LogP contribution in [0.5, 0.6) is 0 Å². The van der Waals surface area contributed by atoms with Crippen LogP contribution in [0.3, 0.4) is 0 Å². The summed E-state index contributed by atoms with van der Waals surface area (Å²) in [5, 5.41) is 0. The van der Waals surface area contributed by atoms with Gasteiger partial charge in [0.25, 0.3) is 0 Å². The van der Waals surface area contributed by atoms with Crippen molar-refractivity contribution in [3.8, 4) is 0 Å². The summed E-state index contributed by atoms with van der Waals surface area (Å²) in [7, 11) is 0. The molecule has 2 heteroatoms. The number of aryl methyl sites for hydroxylation is 3. The Kier molecular flexibility index (Phi) is 4.48. The molecule has 1 aromatic heterocycles. The number of rotatable bonds is 0. The second kappa shape index (κ2) is 5.91. The summed E-state index contributed by atoms with van der Waals surface area (Å²) in [6, 6.07) is 10.3. The Morgan fingerprint density at radius 1 is 0.733 bits per heavy atom. The molecular formula is C13H16N2. The van der Waals surface area contributed by atoms with Crippen LogP contribution >= 0.6 is 0 Å². The molecule has 0 saturated carbocycles. The minimum Gasteiger partial charge on any atom is -0.241 e. The molecule has 15 heavy (non-hydrogen) atoms. The van der Waals surface area contributed by atoms with Crippen LogP contribution in [-0.4, -0.2) is 9.97 Å². The third kappa shape index (κ3) is 4.91. The van der Waals surface area contributed by atoms with Crippen molar-refractivity contribution in [3.63, 3.8) is 0 Å². The van der Waals surface area contributed by atoms with Crippen molar-refractivity contribution in [3.05, 3.63) is 59.7 Å². The van der Waals surface area contributed by atoms with Gasteiger partial charge in [-0.3, -0.25) is 0 Å². The number of hydrogen-bond donors (Lipinski definition) is 0. The number of hydrogen-bond acceptors (Lipinski definition) is 2. The fraction of sp³-hybridized carbons (Fsp3) is 0.231. The third-order valence-electron chi connectivity index (χ3n) is 1.85. The van der Waals surface area contributed by atoms with Gasteiger partial charge >= 0.3 is 0 Å². The molecule has 0 saturated heterocycles. The van der Waals surface area contributed by atoms with E-state index < -0.39 is 0 Å². The van der Waals surface area contributed by atoms with Crippen LogP contribution in [0, 0.1) is 20.8 Å². The Morgan fingerprint density at radius 2 is 1.27 bits per heavy atom. The number of aromatic nitrogens is 2. The molecule has 0 bridgehead atoms. The van der Waals surface area contributed by atoms with Gasteiger partial charge in [0.1, 0.15) is 5.82 Å². The summed E-state index contributed by atoms with van der Waals surface area (Å²) in [5.74, 6) is 0.829. The standard InChI is InChI=1S/C7H8.C6H8N2/c1-7-5-3-2-4-6-7;1-5-3-7-6(2)8-4-5/h2-6H,1H3;3-4H,1-2H3. The maximum absolute atomic E-state index is 3.97. The highest BCUT2D eigenvalue weighted by molar-refractivity contribution is 5.11. The van der Waals surface area contributed by atoms with Gasteiger partial charge in [-0.1, -0.05) is 35.9 Å². The zero-order valence-corrected chi connectivity index (χ0v) is 9.44. The average Bonchev–Trinajstić information content (AvgIpc) is 2.25. The Bertz CT molecular complexity index is 358. The van der Waals surface area contributed by atoms with E-state index in [2.05, 4.69) is 29.0 Å². The Morgan fingerprint density at radius 3 is 1.60 bits per heavy atom. The second-order valence-corrected chi connectivity index (χ2v) is 3.46. The molecule has 0 aliphatic carbocycles. The Labute approximate surface area is 91.0 Å². The topological polar surface area (TPSA) is 25.8 Å². The molecule has 2 aromatic rings.